The van der Waals surface area contributed by atoms with Crippen molar-refractivity contribution in [2.45, 2.75) is 64.7 Å². The summed E-state index contributed by atoms with van der Waals surface area (Å²) >= 11 is 0. The lowest BCUT2D eigenvalue weighted by molar-refractivity contribution is 0.304. The van der Waals surface area contributed by atoms with E-state index in [1.54, 1.807) is 0 Å². The lowest BCUT2D eigenvalue weighted by atomic mass is 10.1. The maximum absolute atomic E-state index is 5.77. The standard InChI is InChI=1S/C17H28NO/c1-3-5-7-9-11-16-15-17(12-13-18-16)19-14-10-8-6-4-2/h12-13,15H,1,3-11,14H2,2H3. The van der Waals surface area contributed by atoms with Gasteiger partial charge in [0.1, 0.15) is 5.75 Å². The summed E-state index contributed by atoms with van der Waals surface area (Å²) in [5.74, 6) is 0.971. The van der Waals surface area contributed by atoms with Gasteiger partial charge in [0.25, 0.3) is 0 Å². The predicted molar refractivity (Wildman–Crippen MR) is 81.4 cm³/mol. The molecule has 0 aromatic carbocycles. The van der Waals surface area contributed by atoms with E-state index >= 15 is 0 Å². The first-order valence-corrected chi connectivity index (χ1v) is 7.73. The molecule has 2 nitrogen and oxygen atoms in total. The molecule has 0 aliphatic rings. The average Bonchev–Trinajstić information content (AvgIpc) is 2.44. The third-order valence-corrected chi connectivity index (χ3v) is 3.24. The van der Waals surface area contributed by atoms with E-state index in [2.05, 4.69) is 24.9 Å². The van der Waals surface area contributed by atoms with E-state index in [1.807, 2.05) is 12.3 Å². The van der Waals surface area contributed by atoms with Gasteiger partial charge in [-0.1, -0.05) is 52.4 Å². The highest BCUT2D eigenvalue weighted by Gasteiger charge is 1.99. The van der Waals surface area contributed by atoms with Crippen LogP contribution in [-0.2, 0) is 6.42 Å². The van der Waals surface area contributed by atoms with E-state index in [9.17, 15) is 0 Å². The number of aromatic nitrogens is 1. The Morgan fingerprint density at radius 3 is 2.74 bits per heavy atom. The molecular formula is C17H28NO. The Balaban J connectivity index is 2.23. The first kappa shape index (κ1) is 16.0. The second-order valence-corrected chi connectivity index (χ2v) is 5.06. The van der Waals surface area contributed by atoms with Gasteiger partial charge < -0.3 is 4.74 Å². The zero-order chi connectivity index (χ0) is 13.8. The number of nitrogens with zero attached hydrogens (tertiary/aromatic N) is 1. The second-order valence-electron chi connectivity index (χ2n) is 5.06. The maximum atomic E-state index is 5.77. The van der Waals surface area contributed by atoms with Gasteiger partial charge in [-0.2, -0.15) is 0 Å². The molecule has 1 radical (unpaired) electrons. The van der Waals surface area contributed by atoms with Gasteiger partial charge in [-0.3, -0.25) is 4.98 Å². The molecule has 1 aromatic rings. The van der Waals surface area contributed by atoms with Crippen molar-refractivity contribution in [2.75, 3.05) is 6.61 Å². The number of rotatable bonds is 11. The van der Waals surface area contributed by atoms with Crippen LogP contribution in [0, 0.1) is 6.92 Å². The fourth-order valence-corrected chi connectivity index (χ4v) is 2.06. The van der Waals surface area contributed by atoms with Gasteiger partial charge in [0, 0.05) is 18.0 Å². The van der Waals surface area contributed by atoms with Gasteiger partial charge in [0.15, 0.2) is 0 Å². The van der Waals surface area contributed by atoms with Gasteiger partial charge in [-0.05, 0) is 25.3 Å². The topological polar surface area (TPSA) is 22.1 Å². The van der Waals surface area contributed by atoms with Crippen molar-refractivity contribution >= 4 is 0 Å². The molecule has 0 saturated heterocycles. The monoisotopic (exact) mass is 262 g/mol. The molecule has 0 N–H and O–H groups in total. The van der Waals surface area contributed by atoms with Gasteiger partial charge in [-0.25, -0.2) is 0 Å². The van der Waals surface area contributed by atoms with Crippen molar-refractivity contribution in [3.63, 3.8) is 0 Å². The lowest BCUT2D eigenvalue weighted by Crippen LogP contribution is -1.99. The molecule has 0 bridgehead atoms. The van der Waals surface area contributed by atoms with Crippen LogP contribution in [0.1, 0.15) is 64.0 Å². The summed E-state index contributed by atoms with van der Waals surface area (Å²) in [6.07, 6.45) is 12.6. The minimum absolute atomic E-state index is 0.824. The van der Waals surface area contributed by atoms with Crippen LogP contribution in [0.2, 0.25) is 0 Å². The van der Waals surface area contributed by atoms with Crippen molar-refractivity contribution in [2.24, 2.45) is 0 Å². The van der Waals surface area contributed by atoms with E-state index in [0.29, 0.717) is 0 Å². The largest absolute Gasteiger partial charge is 0.493 e. The van der Waals surface area contributed by atoms with Crippen LogP contribution in [-0.4, -0.2) is 11.6 Å². The molecule has 2 heteroatoms. The number of ether oxygens (including phenoxy) is 1. The number of unbranched alkanes of at least 4 members (excludes halogenated alkanes) is 6. The first-order chi connectivity index (χ1) is 9.36. The predicted octanol–water partition coefficient (Wildman–Crippen LogP) is 4.98. The van der Waals surface area contributed by atoms with Crippen molar-refractivity contribution < 1.29 is 4.74 Å². The second kappa shape index (κ2) is 10.8. The first-order valence-electron chi connectivity index (χ1n) is 7.73. The molecule has 1 aromatic heterocycles. The van der Waals surface area contributed by atoms with E-state index in [1.165, 1.54) is 38.5 Å². The Labute approximate surface area is 118 Å². The van der Waals surface area contributed by atoms with E-state index in [4.69, 9.17) is 4.74 Å². The summed E-state index contributed by atoms with van der Waals surface area (Å²) in [7, 11) is 0. The van der Waals surface area contributed by atoms with Crippen molar-refractivity contribution in [1.82, 2.24) is 4.98 Å². The van der Waals surface area contributed by atoms with Crippen LogP contribution < -0.4 is 4.74 Å². The van der Waals surface area contributed by atoms with Gasteiger partial charge >= 0.3 is 0 Å². The molecule has 0 aliphatic carbocycles. The van der Waals surface area contributed by atoms with Gasteiger partial charge in [-0.15, -0.1) is 0 Å². The quantitative estimate of drug-likeness (QED) is 0.525. The fraction of sp³-hybridized carbons (Fsp3) is 0.647. The van der Waals surface area contributed by atoms with E-state index in [-0.39, 0.29) is 0 Å². The third kappa shape index (κ3) is 7.86. The minimum atomic E-state index is 0.824. The molecule has 107 valence electrons. The number of aryl methyl sites for hydroxylation is 1. The number of hydrogen-bond acceptors (Lipinski definition) is 2. The summed E-state index contributed by atoms with van der Waals surface area (Å²) < 4.78 is 5.77. The molecule has 0 atom stereocenters. The Morgan fingerprint density at radius 2 is 1.95 bits per heavy atom. The highest BCUT2D eigenvalue weighted by atomic mass is 16.5. The molecular weight excluding hydrogens is 234 g/mol. The highest BCUT2D eigenvalue weighted by Crippen LogP contribution is 2.14. The van der Waals surface area contributed by atoms with Crippen LogP contribution in [0.4, 0.5) is 0 Å². The third-order valence-electron chi connectivity index (χ3n) is 3.24. The van der Waals surface area contributed by atoms with Crippen LogP contribution in [0.25, 0.3) is 0 Å². The smallest absolute Gasteiger partial charge is 0.122 e. The molecule has 0 amide bonds. The van der Waals surface area contributed by atoms with Crippen molar-refractivity contribution in [3.05, 3.63) is 30.9 Å². The van der Waals surface area contributed by atoms with Crippen molar-refractivity contribution in [3.8, 4) is 5.75 Å². The normalized spacial score (nSPS) is 10.6. The molecule has 0 fully saturated rings. The Hall–Kier alpha value is -1.05. The van der Waals surface area contributed by atoms with E-state index in [0.717, 1.165) is 37.3 Å². The highest BCUT2D eigenvalue weighted by molar-refractivity contribution is 5.22. The van der Waals surface area contributed by atoms with Crippen molar-refractivity contribution in [1.29, 1.82) is 0 Å². The lowest BCUT2D eigenvalue weighted by Gasteiger charge is -2.07. The summed E-state index contributed by atoms with van der Waals surface area (Å²) in [6.45, 7) is 6.91. The molecule has 0 aliphatic heterocycles. The van der Waals surface area contributed by atoms with Gasteiger partial charge in [0.2, 0.25) is 0 Å². The Morgan fingerprint density at radius 1 is 1.11 bits per heavy atom. The molecule has 19 heavy (non-hydrogen) atoms. The average molecular weight is 262 g/mol. The number of pyridine rings is 1. The van der Waals surface area contributed by atoms with Gasteiger partial charge in [0.05, 0.1) is 6.61 Å². The summed E-state index contributed by atoms with van der Waals surface area (Å²) in [6, 6.07) is 4.04. The number of hydrogen-bond donors (Lipinski definition) is 0. The molecule has 1 heterocycles. The van der Waals surface area contributed by atoms with Crippen LogP contribution >= 0.6 is 0 Å². The zero-order valence-electron chi connectivity index (χ0n) is 12.4. The van der Waals surface area contributed by atoms with Crippen LogP contribution in [0.15, 0.2) is 18.3 Å². The summed E-state index contributed by atoms with van der Waals surface area (Å²) in [4.78, 5) is 4.40. The summed E-state index contributed by atoms with van der Waals surface area (Å²) in [5, 5.41) is 0. The molecule has 0 spiro atoms. The Bertz CT molecular complexity index is 325. The van der Waals surface area contributed by atoms with E-state index < -0.39 is 0 Å². The maximum Gasteiger partial charge on any atom is 0.122 e. The van der Waals surface area contributed by atoms with Crippen LogP contribution in [0.5, 0.6) is 5.75 Å². The minimum Gasteiger partial charge on any atom is -0.493 e. The fourth-order valence-electron chi connectivity index (χ4n) is 2.06. The Kier molecular flexibility index (Phi) is 9.13. The van der Waals surface area contributed by atoms with Crippen LogP contribution in [0.3, 0.4) is 0 Å². The zero-order valence-corrected chi connectivity index (χ0v) is 12.4. The summed E-state index contributed by atoms with van der Waals surface area (Å²) in [5.41, 5.74) is 1.15. The molecule has 0 saturated carbocycles. The molecule has 1 rings (SSSR count). The molecule has 0 unspecified atom stereocenters. The SMILES string of the molecule is [CH2]CCCCCc1cc(OCCCCCC)ccn1.